The van der Waals surface area contributed by atoms with Crippen molar-refractivity contribution in [1.82, 2.24) is 10.8 Å². The van der Waals surface area contributed by atoms with Crippen molar-refractivity contribution in [3.63, 3.8) is 0 Å². The number of aromatic hydroxyl groups is 1. The maximum Gasteiger partial charge on any atom is 0.232 e. The van der Waals surface area contributed by atoms with E-state index in [4.69, 9.17) is 16.1 Å². The summed E-state index contributed by atoms with van der Waals surface area (Å²) in [4.78, 5) is 0. The standard InChI is InChI=1S/C8H11N5O3/c9-8(12-13(15)16)11-10-5-6-3-1-2-4-7(6)14/h1-5,14-16H,(H3,9,11,12). The summed E-state index contributed by atoms with van der Waals surface area (Å²) in [5.41, 5.74) is 7.48. The van der Waals surface area contributed by atoms with Crippen LogP contribution in [0.15, 0.2) is 34.5 Å². The second kappa shape index (κ2) is 5.66. The number of rotatable bonds is 3. The number of hydrazine groups is 1. The molecule has 0 amide bonds. The van der Waals surface area contributed by atoms with E-state index < -0.39 is 0 Å². The van der Waals surface area contributed by atoms with Crippen molar-refractivity contribution in [2.45, 2.75) is 0 Å². The summed E-state index contributed by atoms with van der Waals surface area (Å²) in [6.45, 7) is 0. The van der Waals surface area contributed by atoms with Crippen LogP contribution in [0.5, 0.6) is 5.75 Å². The molecule has 1 rings (SSSR count). The second-order valence-electron chi connectivity index (χ2n) is 2.69. The highest BCUT2D eigenvalue weighted by atomic mass is 16.8. The monoisotopic (exact) mass is 225 g/mol. The van der Waals surface area contributed by atoms with Gasteiger partial charge in [0.1, 0.15) is 5.75 Å². The highest BCUT2D eigenvalue weighted by Gasteiger charge is 1.95. The average Bonchev–Trinajstić information content (AvgIpc) is 2.19. The third-order valence-corrected chi connectivity index (χ3v) is 1.51. The van der Waals surface area contributed by atoms with Gasteiger partial charge in [-0.25, -0.2) is 5.43 Å². The molecule has 0 fully saturated rings. The number of nitrogens with two attached hydrogens (primary N) is 1. The van der Waals surface area contributed by atoms with Gasteiger partial charge in [0.05, 0.1) is 6.21 Å². The van der Waals surface area contributed by atoms with Gasteiger partial charge in [-0.2, -0.15) is 5.10 Å². The van der Waals surface area contributed by atoms with Gasteiger partial charge in [0.25, 0.3) is 0 Å². The van der Waals surface area contributed by atoms with Gasteiger partial charge < -0.3 is 10.8 Å². The quantitative estimate of drug-likeness (QED) is 0.271. The van der Waals surface area contributed by atoms with E-state index >= 15 is 0 Å². The fourth-order valence-electron chi connectivity index (χ4n) is 0.875. The summed E-state index contributed by atoms with van der Waals surface area (Å²) in [6.07, 6.45) is 1.27. The molecular weight excluding hydrogens is 214 g/mol. The summed E-state index contributed by atoms with van der Waals surface area (Å²) >= 11 is 0. The Morgan fingerprint density at radius 2 is 2.06 bits per heavy atom. The van der Waals surface area contributed by atoms with Gasteiger partial charge in [0, 0.05) is 10.9 Å². The second-order valence-corrected chi connectivity index (χ2v) is 2.69. The smallest absolute Gasteiger partial charge is 0.232 e. The molecule has 0 bridgehead atoms. The molecule has 0 aromatic heterocycles. The SMILES string of the molecule is NC(=NN=Cc1ccccc1O)NN(O)O. The van der Waals surface area contributed by atoms with E-state index in [-0.39, 0.29) is 17.0 Å². The summed E-state index contributed by atoms with van der Waals surface area (Å²) in [5, 5.41) is 32.5. The van der Waals surface area contributed by atoms with Gasteiger partial charge in [-0.15, -0.1) is 5.10 Å². The Balaban J connectivity index is 2.64. The number of hydrogen-bond donors (Lipinski definition) is 5. The maximum atomic E-state index is 9.35. The van der Waals surface area contributed by atoms with Crippen molar-refractivity contribution in [2.24, 2.45) is 15.9 Å². The molecule has 0 unspecified atom stereocenters. The lowest BCUT2D eigenvalue weighted by Crippen LogP contribution is -2.41. The first-order valence-electron chi connectivity index (χ1n) is 4.18. The van der Waals surface area contributed by atoms with Crippen molar-refractivity contribution < 1.29 is 15.5 Å². The summed E-state index contributed by atoms with van der Waals surface area (Å²) < 4.78 is 0. The van der Waals surface area contributed by atoms with Crippen LogP contribution in [-0.4, -0.2) is 33.0 Å². The van der Waals surface area contributed by atoms with Crippen LogP contribution in [0.25, 0.3) is 0 Å². The van der Waals surface area contributed by atoms with Gasteiger partial charge in [0.15, 0.2) is 0 Å². The Morgan fingerprint density at radius 3 is 2.69 bits per heavy atom. The van der Waals surface area contributed by atoms with Gasteiger partial charge in [-0.1, -0.05) is 12.1 Å². The van der Waals surface area contributed by atoms with E-state index in [1.54, 1.807) is 18.2 Å². The van der Waals surface area contributed by atoms with Gasteiger partial charge >= 0.3 is 0 Å². The zero-order chi connectivity index (χ0) is 12.0. The van der Waals surface area contributed by atoms with Crippen LogP contribution in [-0.2, 0) is 0 Å². The highest BCUT2D eigenvalue weighted by Crippen LogP contribution is 2.12. The first-order valence-corrected chi connectivity index (χ1v) is 4.18. The van der Waals surface area contributed by atoms with E-state index in [2.05, 4.69) is 10.2 Å². The van der Waals surface area contributed by atoms with Gasteiger partial charge in [-0.3, -0.25) is 10.4 Å². The summed E-state index contributed by atoms with van der Waals surface area (Å²) in [7, 11) is 0. The molecular formula is C8H11N5O3. The summed E-state index contributed by atoms with van der Waals surface area (Å²) in [5.74, 6) is -0.268. The van der Waals surface area contributed by atoms with Gasteiger partial charge in [0.2, 0.25) is 5.96 Å². The molecule has 0 spiro atoms. The van der Waals surface area contributed by atoms with E-state index in [1.807, 2.05) is 5.43 Å². The predicted molar refractivity (Wildman–Crippen MR) is 55.9 cm³/mol. The molecule has 0 radical (unpaired) electrons. The van der Waals surface area contributed by atoms with Crippen molar-refractivity contribution in [3.05, 3.63) is 29.8 Å². The Hall–Kier alpha value is -2.16. The minimum atomic E-state index is -0.353. The highest BCUT2D eigenvalue weighted by molar-refractivity contribution is 5.84. The number of benzene rings is 1. The molecule has 8 heteroatoms. The fraction of sp³-hybridized carbons (Fsp3) is 0. The molecule has 0 saturated heterocycles. The third kappa shape index (κ3) is 3.92. The van der Waals surface area contributed by atoms with Crippen LogP contribution >= 0.6 is 0 Å². The first-order chi connectivity index (χ1) is 7.59. The van der Waals surface area contributed by atoms with Crippen LogP contribution < -0.4 is 11.2 Å². The molecule has 1 aromatic carbocycles. The van der Waals surface area contributed by atoms with Gasteiger partial charge in [-0.05, 0) is 12.1 Å². The summed E-state index contributed by atoms with van der Waals surface area (Å²) in [6, 6.07) is 6.51. The normalized spacial score (nSPS) is 12.3. The lowest BCUT2D eigenvalue weighted by Gasteiger charge is -2.05. The number of hydrogen-bond acceptors (Lipinski definition) is 6. The number of nitrogens with one attached hydrogen (secondary N) is 1. The topological polar surface area (TPSA) is 127 Å². The van der Waals surface area contributed by atoms with E-state index in [1.165, 1.54) is 12.3 Å². The molecule has 6 N–H and O–H groups in total. The molecule has 8 nitrogen and oxygen atoms in total. The van der Waals surface area contributed by atoms with Crippen molar-refractivity contribution in [2.75, 3.05) is 0 Å². The van der Waals surface area contributed by atoms with Crippen LogP contribution in [0.4, 0.5) is 0 Å². The number of phenols is 1. The Labute approximate surface area is 90.8 Å². The lowest BCUT2D eigenvalue weighted by atomic mass is 10.2. The van der Waals surface area contributed by atoms with Crippen LogP contribution in [0, 0.1) is 0 Å². The molecule has 0 atom stereocenters. The predicted octanol–water partition coefficient (Wildman–Crippen LogP) is -0.374. The number of phenolic OH excluding ortho intramolecular Hbond substituents is 1. The Bertz CT molecular complexity index is 404. The molecule has 0 heterocycles. The number of para-hydroxylation sites is 1. The van der Waals surface area contributed by atoms with Crippen LogP contribution in [0.2, 0.25) is 0 Å². The molecule has 16 heavy (non-hydrogen) atoms. The molecule has 0 aliphatic rings. The molecule has 0 saturated carbocycles. The Kier molecular flexibility index (Phi) is 4.21. The third-order valence-electron chi connectivity index (χ3n) is 1.51. The number of guanidine groups is 1. The number of nitrogens with zero attached hydrogens (tertiary/aromatic N) is 3. The minimum Gasteiger partial charge on any atom is -0.507 e. The zero-order valence-corrected chi connectivity index (χ0v) is 8.15. The molecule has 1 aromatic rings. The minimum absolute atomic E-state index is 0.0546. The van der Waals surface area contributed by atoms with Crippen molar-refractivity contribution >= 4 is 12.2 Å². The molecule has 0 aliphatic heterocycles. The van der Waals surface area contributed by atoms with E-state index in [0.717, 1.165) is 0 Å². The fourth-order valence-corrected chi connectivity index (χ4v) is 0.875. The van der Waals surface area contributed by atoms with E-state index in [9.17, 15) is 5.11 Å². The van der Waals surface area contributed by atoms with Crippen LogP contribution in [0.3, 0.4) is 0 Å². The van der Waals surface area contributed by atoms with Crippen LogP contribution in [0.1, 0.15) is 5.56 Å². The van der Waals surface area contributed by atoms with E-state index in [0.29, 0.717) is 5.56 Å². The Morgan fingerprint density at radius 1 is 1.38 bits per heavy atom. The molecule has 0 aliphatic carbocycles. The lowest BCUT2D eigenvalue weighted by molar-refractivity contribution is -0.329. The largest absolute Gasteiger partial charge is 0.507 e. The van der Waals surface area contributed by atoms with Crippen molar-refractivity contribution in [3.8, 4) is 5.75 Å². The maximum absolute atomic E-state index is 9.35. The van der Waals surface area contributed by atoms with Crippen molar-refractivity contribution in [1.29, 1.82) is 0 Å². The molecule has 86 valence electrons. The first kappa shape index (κ1) is 11.9. The average molecular weight is 225 g/mol. The zero-order valence-electron chi connectivity index (χ0n) is 8.15.